The summed E-state index contributed by atoms with van der Waals surface area (Å²) in [5.74, 6) is 0. The van der Waals surface area contributed by atoms with Crippen LogP contribution in [0.5, 0.6) is 0 Å². The molecule has 4 rings (SSSR count). The summed E-state index contributed by atoms with van der Waals surface area (Å²) in [5, 5.41) is 0. The molecule has 0 radical (unpaired) electrons. The third-order valence-corrected chi connectivity index (χ3v) is 4.07. The lowest BCUT2D eigenvalue weighted by Gasteiger charge is -2.15. The predicted molar refractivity (Wildman–Crippen MR) is 98.3 cm³/mol. The molecule has 0 saturated carbocycles. The van der Waals surface area contributed by atoms with E-state index in [0.29, 0.717) is 0 Å². The summed E-state index contributed by atoms with van der Waals surface area (Å²) in [6.45, 7) is 0. The lowest BCUT2D eigenvalue weighted by Crippen LogP contribution is -1.92. The zero-order valence-corrected chi connectivity index (χ0v) is 13.1. The standard InChI is InChI=1S/C22H16N2/c1-3-8-17(9-4-1)19-12-7-13-20(18-10-5-2-6-11-18)22(19)21-14-15-23-16-24-21/h1-16H. The summed E-state index contributed by atoms with van der Waals surface area (Å²) in [6.07, 6.45) is 3.39. The Balaban J connectivity index is 2.02. The van der Waals surface area contributed by atoms with Gasteiger partial charge in [0.15, 0.2) is 0 Å². The summed E-state index contributed by atoms with van der Waals surface area (Å²) < 4.78 is 0. The second-order valence-corrected chi connectivity index (χ2v) is 5.55. The molecule has 1 aromatic heterocycles. The molecule has 1 heterocycles. The molecule has 0 aliphatic carbocycles. The van der Waals surface area contributed by atoms with Crippen LogP contribution in [0.15, 0.2) is 97.5 Å². The Hall–Kier alpha value is -3.26. The first-order chi connectivity index (χ1) is 11.9. The van der Waals surface area contributed by atoms with Crippen molar-refractivity contribution in [2.75, 3.05) is 0 Å². The number of aromatic nitrogens is 2. The maximum Gasteiger partial charge on any atom is 0.116 e. The van der Waals surface area contributed by atoms with Crippen molar-refractivity contribution in [3.8, 4) is 33.5 Å². The van der Waals surface area contributed by atoms with Crippen molar-refractivity contribution in [1.82, 2.24) is 9.97 Å². The van der Waals surface area contributed by atoms with Crippen LogP contribution >= 0.6 is 0 Å². The van der Waals surface area contributed by atoms with E-state index in [9.17, 15) is 0 Å². The van der Waals surface area contributed by atoms with E-state index in [0.717, 1.165) is 11.3 Å². The highest BCUT2D eigenvalue weighted by molar-refractivity contribution is 5.93. The molecule has 0 fully saturated rings. The summed E-state index contributed by atoms with van der Waals surface area (Å²) in [6, 6.07) is 29.2. The van der Waals surface area contributed by atoms with E-state index in [2.05, 4.69) is 76.7 Å². The number of rotatable bonds is 3. The molecule has 0 aliphatic heterocycles. The van der Waals surface area contributed by atoms with Gasteiger partial charge < -0.3 is 0 Å². The van der Waals surface area contributed by atoms with Gasteiger partial charge in [0.1, 0.15) is 6.33 Å². The van der Waals surface area contributed by atoms with E-state index in [1.54, 1.807) is 12.5 Å². The molecule has 114 valence electrons. The third-order valence-electron chi connectivity index (χ3n) is 4.07. The molecule has 2 nitrogen and oxygen atoms in total. The van der Waals surface area contributed by atoms with Crippen LogP contribution in [0.1, 0.15) is 0 Å². The highest BCUT2D eigenvalue weighted by atomic mass is 14.8. The largest absolute Gasteiger partial charge is 0.245 e. The van der Waals surface area contributed by atoms with Crippen molar-refractivity contribution in [3.63, 3.8) is 0 Å². The predicted octanol–water partition coefficient (Wildman–Crippen LogP) is 5.48. The van der Waals surface area contributed by atoms with E-state index in [4.69, 9.17) is 0 Å². The fourth-order valence-electron chi connectivity index (χ4n) is 2.98. The van der Waals surface area contributed by atoms with Crippen LogP contribution < -0.4 is 0 Å². The van der Waals surface area contributed by atoms with Gasteiger partial charge in [-0.05, 0) is 28.3 Å². The average molecular weight is 308 g/mol. The molecule has 0 bridgehead atoms. The van der Waals surface area contributed by atoms with Crippen LogP contribution in [0.3, 0.4) is 0 Å². The molecule has 0 N–H and O–H groups in total. The van der Waals surface area contributed by atoms with Crippen LogP contribution in [0.2, 0.25) is 0 Å². The van der Waals surface area contributed by atoms with E-state index in [1.165, 1.54) is 22.3 Å². The van der Waals surface area contributed by atoms with E-state index >= 15 is 0 Å². The molecule has 0 amide bonds. The number of nitrogens with zero attached hydrogens (tertiary/aromatic N) is 2. The van der Waals surface area contributed by atoms with Crippen molar-refractivity contribution in [1.29, 1.82) is 0 Å². The van der Waals surface area contributed by atoms with Crippen molar-refractivity contribution >= 4 is 0 Å². The number of benzene rings is 3. The molecule has 0 atom stereocenters. The summed E-state index contributed by atoms with van der Waals surface area (Å²) in [7, 11) is 0. The van der Waals surface area contributed by atoms with Gasteiger partial charge in [-0.25, -0.2) is 9.97 Å². The highest BCUT2D eigenvalue weighted by Gasteiger charge is 2.14. The lowest BCUT2D eigenvalue weighted by molar-refractivity contribution is 1.17. The number of hydrogen-bond acceptors (Lipinski definition) is 2. The van der Waals surface area contributed by atoms with Gasteiger partial charge in [-0.1, -0.05) is 78.9 Å². The summed E-state index contributed by atoms with van der Waals surface area (Å²) in [4.78, 5) is 8.57. The Morgan fingerprint density at radius 1 is 0.542 bits per heavy atom. The molecule has 0 spiro atoms. The van der Waals surface area contributed by atoms with Crippen LogP contribution in [-0.4, -0.2) is 9.97 Å². The van der Waals surface area contributed by atoms with E-state index < -0.39 is 0 Å². The second kappa shape index (κ2) is 6.47. The Kier molecular flexibility index (Phi) is 3.86. The molecule has 24 heavy (non-hydrogen) atoms. The average Bonchev–Trinajstić information content (AvgIpc) is 2.69. The first kappa shape index (κ1) is 14.3. The third kappa shape index (κ3) is 2.70. The molecule has 4 aromatic rings. The van der Waals surface area contributed by atoms with Crippen molar-refractivity contribution < 1.29 is 0 Å². The van der Waals surface area contributed by atoms with Crippen LogP contribution in [-0.2, 0) is 0 Å². The van der Waals surface area contributed by atoms with Gasteiger partial charge in [-0.2, -0.15) is 0 Å². The maximum absolute atomic E-state index is 4.51. The Morgan fingerprint density at radius 3 is 1.62 bits per heavy atom. The van der Waals surface area contributed by atoms with Gasteiger partial charge in [0.2, 0.25) is 0 Å². The minimum atomic E-state index is 0.934. The quantitative estimate of drug-likeness (QED) is 0.501. The van der Waals surface area contributed by atoms with Gasteiger partial charge in [0.05, 0.1) is 5.69 Å². The van der Waals surface area contributed by atoms with Crippen LogP contribution in [0.25, 0.3) is 33.5 Å². The summed E-state index contributed by atoms with van der Waals surface area (Å²) in [5.41, 5.74) is 6.79. The molecule has 2 heteroatoms. The second-order valence-electron chi connectivity index (χ2n) is 5.55. The Bertz CT molecular complexity index is 876. The molecule has 3 aromatic carbocycles. The SMILES string of the molecule is c1ccc(-c2cccc(-c3ccccc3)c2-c2ccncn2)cc1. The van der Waals surface area contributed by atoms with Crippen LogP contribution in [0.4, 0.5) is 0 Å². The van der Waals surface area contributed by atoms with Crippen LogP contribution in [0, 0.1) is 0 Å². The zero-order valence-electron chi connectivity index (χ0n) is 13.1. The molecule has 0 saturated heterocycles. The van der Waals surface area contributed by atoms with Gasteiger partial charge in [0.25, 0.3) is 0 Å². The van der Waals surface area contributed by atoms with Gasteiger partial charge in [-0.3, -0.25) is 0 Å². The van der Waals surface area contributed by atoms with Crippen molar-refractivity contribution in [2.45, 2.75) is 0 Å². The molecule has 0 aliphatic rings. The van der Waals surface area contributed by atoms with Gasteiger partial charge in [0, 0.05) is 11.8 Å². The Morgan fingerprint density at radius 2 is 1.12 bits per heavy atom. The number of hydrogen-bond donors (Lipinski definition) is 0. The molecular weight excluding hydrogens is 292 g/mol. The summed E-state index contributed by atoms with van der Waals surface area (Å²) >= 11 is 0. The fraction of sp³-hybridized carbons (Fsp3) is 0. The fourth-order valence-corrected chi connectivity index (χ4v) is 2.98. The minimum absolute atomic E-state index is 0.934. The maximum atomic E-state index is 4.51. The Labute approximate surface area is 141 Å². The van der Waals surface area contributed by atoms with Gasteiger partial charge in [-0.15, -0.1) is 0 Å². The molecular formula is C22H16N2. The van der Waals surface area contributed by atoms with Crippen molar-refractivity contribution in [3.05, 3.63) is 97.5 Å². The topological polar surface area (TPSA) is 25.8 Å². The normalized spacial score (nSPS) is 10.5. The lowest BCUT2D eigenvalue weighted by atomic mass is 9.90. The van der Waals surface area contributed by atoms with E-state index in [-0.39, 0.29) is 0 Å². The van der Waals surface area contributed by atoms with Crippen molar-refractivity contribution in [2.24, 2.45) is 0 Å². The highest BCUT2D eigenvalue weighted by Crippen LogP contribution is 2.38. The molecule has 0 unspecified atom stereocenters. The minimum Gasteiger partial charge on any atom is -0.245 e. The smallest absolute Gasteiger partial charge is 0.116 e. The first-order valence-corrected chi connectivity index (χ1v) is 7.94. The van der Waals surface area contributed by atoms with E-state index in [1.807, 2.05) is 18.2 Å². The monoisotopic (exact) mass is 308 g/mol. The van der Waals surface area contributed by atoms with Gasteiger partial charge >= 0.3 is 0 Å². The first-order valence-electron chi connectivity index (χ1n) is 7.94. The zero-order chi connectivity index (χ0) is 16.2.